The molecule has 0 unspecified atom stereocenters. The molecular formula is C18H17ClF2N2O. The van der Waals surface area contributed by atoms with Crippen LogP contribution in [0.5, 0.6) is 0 Å². The maximum atomic E-state index is 13.3. The Morgan fingerprint density at radius 3 is 2.12 bits per heavy atom. The number of carbonyl (C=O) groups excluding carboxylic acids is 1. The summed E-state index contributed by atoms with van der Waals surface area (Å²) in [5.41, 5.74) is 1.21. The summed E-state index contributed by atoms with van der Waals surface area (Å²) in [7, 11) is 0. The second-order valence-corrected chi connectivity index (χ2v) is 6.29. The van der Waals surface area contributed by atoms with Crippen molar-refractivity contribution in [3.63, 3.8) is 0 Å². The Bertz CT molecular complexity index is 708. The molecule has 1 amide bonds. The molecule has 0 bridgehead atoms. The summed E-state index contributed by atoms with van der Waals surface area (Å²) >= 11 is 5.88. The first kappa shape index (κ1) is 16.9. The zero-order valence-electron chi connectivity index (χ0n) is 13.0. The highest BCUT2D eigenvalue weighted by Crippen LogP contribution is 2.15. The fraction of sp³-hybridized carbons (Fsp3) is 0.278. The molecule has 0 N–H and O–H groups in total. The van der Waals surface area contributed by atoms with Gasteiger partial charge in [-0.2, -0.15) is 0 Å². The highest BCUT2D eigenvalue weighted by atomic mass is 35.5. The minimum absolute atomic E-state index is 0.0543. The first-order valence-corrected chi connectivity index (χ1v) is 8.11. The van der Waals surface area contributed by atoms with Gasteiger partial charge in [0.15, 0.2) is 0 Å². The second kappa shape index (κ2) is 7.28. The monoisotopic (exact) mass is 350 g/mol. The lowest BCUT2D eigenvalue weighted by molar-refractivity contribution is 0.0627. The predicted octanol–water partition coefficient (Wildman–Crippen LogP) is 3.58. The van der Waals surface area contributed by atoms with E-state index >= 15 is 0 Å². The molecule has 0 aromatic heterocycles. The van der Waals surface area contributed by atoms with Crippen LogP contribution in [0.25, 0.3) is 0 Å². The molecule has 2 aromatic carbocycles. The highest BCUT2D eigenvalue weighted by Gasteiger charge is 2.23. The van der Waals surface area contributed by atoms with Crippen LogP contribution in [-0.2, 0) is 6.54 Å². The number of amides is 1. The van der Waals surface area contributed by atoms with Crippen LogP contribution in [0, 0.1) is 11.6 Å². The Kier molecular flexibility index (Phi) is 5.11. The summed E-state index contributed by atoms with van der Waals surface area (Å²) in [6, 6.07) is 10.6. The van der Waals surface area contributed by atoms with Crippen molar-refractivity contribution in [2.75, 3.05) is 26.2 Å². The molecule has 2 aromatic rings. The lowest BCUT2D eigenvalue weighted by Gasteiger charge is -2.34. The second-order valence-electron chi connectivity index (χ2n) is 5.85. The van der Waals surface area contributed by atoms with E-state index < -0.39 is 11.6 Å². The largest absolute Gasteiger partial charge is 0.336 e. The van der Waals surface area contributed by atoms with Gasteiger partial charge in [-0.15, -0.1) is 0 Å². The van der Waals surface area contributed by atoms with Crippen molar-refractivity contribution >= 4 is 17.5 Å². The summed E-state index contributed by atoms with van der Waals surface area (Å²) in [6.07, 6.45) is 0. The SMILES string of the molecule is O=C(c1cc(F)cc(F)c1)N1CCN(Cc2ccc(Cl)cc2)CC1. The number of rotatable bonds is 3. The first-order chi connectivity index (χ1) is 11.5. The third kappa shape index (κ3) is 4.10. The van der Waals surface area contributed by atoms with Crippen LogP contribution in [0.4, 0.5) is 8.78 Å². The van der Waals surface area contributed by atoms with Crippen molar-refractivity contribution in [1.29, 1.82) is 0 Å². The van der Waals surface area contributed by atoms with Crippen LogP contribution in [0.2, 0.25) is 5.02 Å². The van der Waals surface area contributed by atoms with Crippen LogP contribution in [0.3, 0.4) is 0 Å². The minimum Gasteiger partial charge on any atom is -0.336 e. The van der Waals surface area contributed by atoms with Gasteiger partial charge in [-0.05, 0) is 29.8 Å². The highest BCUT2D eigenvalue weighted by molar-refractivity contribution is 6.30. The molecule has 126 valence electrons. The summed E-state index contributed by atoms with van der Waals surface area (Å²) in [6.45, 7) is 3.28. The smallest absolute Gasteiger partial charge is 0.254 e. The minimum atomic E-state index is -0.736. The molecule has 24 heavy (non-hydrogen) atoms. The van der Waals surface area contributed by atoms with Gasteiger partial charge in [0.2, 0.25) is 0 Å². The topological polar surface area (TPSA) is 23.6 Å². The Labute approximate surface area is 144 Å². The van der Waals surface area contributed by atoms with E-state index in [1.165, 1.54) is 0 Å². The molecule has 0 radical (unpaired) electrons. The van der Waals surface area contributed by atoms with Gasteiger partial charge in [0.1, 0.15) is 11.6 Å². The van der Waals surface area contributed by atoms with Crippen molar-refractivity contribution in [3.8, 4) is 0 Å². The lowest BCUT2D eigenvalue weighted by atomic mass is 10.1. The maximum absolute atomic E-state index is 13.3. The number of carbonyl (C=O) groups is 1. The van der Waals surface area contributed by atoms with E-state index in [1.54, 1.807) is 4.90 Å². The fourth-order valence-electron chi connectivity index (χ4n) is 2.82. The van der Waals surface area contributed by atoms with Gasteiger partial charge in [0, 0.05) is 49.4 Å². The van der Waals surface area contributed by atoms with Crippen molar-refractivity contribution in [2.45, 2.75) is 6.54 Å². The van der Waals surface area contributed by atoms with E-state index in [0.29, 0.717) is 31.2 Å². The predicted molar refractivity (Wildman–Crippen MR) is 89.0 cm³/mol. The van der Waals surface area contributed by atoms with Gasteiger partial charge in [-0.25, -0.2) is 8.78 Å². The zero-order valence-corrected chi connectivity index (χ0v) is 13.8. The Morgan fingerprint density at radius 1 is 0.958 bits per heavy atom. The normalized spacial score (nSPS) is 15.5. The maximum Gasteiger partial charge on any atom is 0.254 e. The molecule has 1 saturated heterocycles. The average molecular weight is 351 g/mol. The number of halogens is 3. The van der Waals surface area contributed by atoms with Crippen molar-refractivity contribution in [2.24, 2.45) is 0 Å². The number of nitrogens with zero attached hydrogens (tertiary/aromatic N) is 2. The van der Waals surface area contributed by atoms with Crippen LogP contribution in [0.1, 0.15) is 15.9 Å². The van der Waals surface area contributed by atoms with Crippen LogP contribution in [0.15, 0.2) is 42.5 Å². The van der Waals surface area contributed by atoms with Crippen molar-refractivity contribution in [1.82, 2.24) is 9.80 Å². The van der Waals surface area contributed by atoms with Crippen LogP contribution < -0.4 is 0 Å². The molecule has 0 aliphatic carbocycles. The molecular weight excluding hydrogens is 334 g/mol. The van der Waals surface area contributed by atoms with Crippen molar-refractivity contribution in [3.05, 3.63) is 70.2 Å². The third-order valence-electron chi connectivity index (χ3n) is 4.09. The van der Waals surface area contributed by atoms with Gasteiger partial charge < -0.3 is 4.90 Å². The summed E-state index contributed by atoms with van der Waals surface area (Å²) < 4.78 is 26.5. The zero-order chi connectivity index (χ0) is 17.1. The van der Waals surface area contributed by atoms with Gasteiger partial charge in [-0.3, -0.25) is 9.69 Å². The molecule has 0 spiro atoms. The van der Waals surface area contributed by atoms with E-state index in [2.05, 4.69) is 4.90 Å². The standard InChI is InChI=1S/C18H17ClF2N2O/c19-15-3-1-13(2-4-15)12-22-5-7-23(8-6-22)18(24)14-9-16(20)11-17(21)10-14/h1-4,9-11H,5-8,12H2. The van der Waals surface area contributed by atoms with E-state index in [1.807, 2.05) is 24.3 Å². The van der Waals surface area contributed by atoms with Gasteiger partial charge >= 0.3 is 0 Å². The first-order valence-electron chi connectivity index (χ1n) is 7.73. The van der Waals surface area contributed by atoms with E-state index in [-0.39, 0.29) is 11.5 Å². The molecule has 0 atom stereocenters. The number of hydrogen-bond donors (Lipinski definition) is 0. The Balaban J connectivity index is 1.58. The number of piperazine rings is 1. The van der Waals surface area contributed by atoms with Gasteiger partial charge in [0.05, 0.1) is 0 Å². The molecule has 3 nitrogen and oxygen atoms in total. The molecule has 6 heteroatoms. The average Bonchev–Trinajstić information content (AvgIpc) is 2.56. The number of hydrogen-bond acceptors (Lipinski definition) is 2. The molecule has 0 saturated carbocycles. The molecule has 1 aliphatic heterocycles. The Morgan fingerprint density at radius 2 is 1.54 bits per heavy atom. The summed E-state index contributed by atoms with van der Waals surface area (Å²) in [4.78, 5) is 16.2. The summed E-state index contributed by atoms with van der Waals surface area (Å²) in [5.74, 6) is -1.81. The Hall–Kier alpha value is -1.98. The quantitative estimate of drug-likeness (QED) is 0.844. The molecule has 1 heterocycles. The van der Waals surface area contributed by atoms with Crippen LogP contribution >= 0.6 is 11.6 Å². The van der Waals surface area contributed by atoms with Crippen LogP contribution in [-0.4, -0.2) is 41.9 Å². The molecule has 1 aliphatic rings. The van der Waals surface area contributed by atoms with Gasteiger partial charge in [0.25, 0.3) is 5.91 Å². The van der Waals surface area contributed by atoms with E-state index in [9.17, 15) is 13.6 Å². The molecule has 1 fully saturated rings. The molecule has 3 rings (SSSR count). The lowest BCUT2D eigenvalue weighted by Crippen LogP contribution is -2.48. The van der Waals surface area contributed by atoms with Crippen molar-refractivity contribution < 1.29 is 13.6 Å². The van der Waals surface area contributed by atoms with E-state index in [0.717, 1.165) is 30.3 Å². The number of benzene rings is 2. The fourth-order valence-corrected chi connectivity index (χ4v) is 2.94. The van der Waals surface area contributed by atoms with E-state index in [4.69, 9.17) is 11.6 Å². The summed E-state index contributed by atoms with van der Waals surface area (Å²) in [5, 5.41) is 0.705. The van der Waals surface area contributed by atoms with Gasteiger partial charge in [-0.1, -0.05) is 23.7 Å². The third-order valence-corrected chi connectivity index (χ3v) is 4.34.